The van der Waals surface area contributed by atoms with Crippen LogP contribution in [0.1, 0.15) is 36.8 Å². The summed E-state index contributed by atoms with van der Waals surface area (Å²) in [5.74, 6) is 1.16. The molecule has 1 amide bonds. The van der Waals surface area contributed by atoms with E-state index in [1.54, 1.807) is 7.11 Å². The van der Waals surface area contributed by atoms with Crippen LogP contribution in [0.15, 0.2) is 42.5 Å². The van der Waals surface area contributed by atoms with Gasteiger partial charge in [-0.1, -0.05) is 25.0 Å². The number of nitrogens with one attached hydrogen (secondary N) is 1. The van der Waals surface area contributed by atoms with E-state index >= 15 is 0 Å². The molecule has 2 aromatic carbocycles. The lowest BCUT2D eigenvalue weighted by atomic mass is 9.78. The van der Waals surface area contributed by atoms with Crippen molar-refractivity contribution < 1.29 is 18.7 Å². The average Bonchev–Trinajstić information content (AvgIpc) is 3.21. The molecule has 0 radical (unpaired) electrons. The second kappa shape index (κ2) is 7.82. The molecule has 28 heavy (non-hydrogen) atoms. The Kier molecular flexibility index (Phi) is 5.25. The van der Waals surface area contributed by atoms with E-state index in [1.807, 2.05) is 30.3 Å². The lowest BCUT2D eigenvalue weighted by Crippen LogP contribution is -2.44. The van der Waals surface area contributed by atoms with E-state index in [2.05, 4.69) is 5.32 Å². The Morgan fingerprint density at radius 1 is 1.21 bits per heavy atom. The van der Waals surface area contributed by atoms with Crippen LogP contribution in [-0.4, -0.2) is 26.2 Å². The normalized spacial score (nSPS) is 20.1. The van der Waals surface area contributed by atoms with Gasteiger partial charge in [0.15, 0.2) is 0 Å². The molecule has 0 aromatic heterocycles. The van der Waals surface area contributed by atoms with Crippen LogP contribution < -0.4 is 14.8 Å². The highest BCUT2D eigenvalue weighted by Crippen LogP contribution is 2.41. The van der Waals surface area contributed by atoms with Crippen molar-refractivity contribution in [1.29, 1.82) is 0 Å². The lowest BCUT2D eigenvalue weighted by Gasteiger charge is -2.31. The van der Waals surface area contributed by atoms with Gasteiger partial charge in [-0.3, -0.25) is 4.79 Å². The number of hydrogen-bond acceptors (Lipinski definition) is 3. The molecule has 1 N–H and O–H groups in total. The van der Waals surface area contributed by atoms with Crippen LogP contribution in [0.4, 0.5) is 4.39 Å². The van der Waals surface area contributed by atoms with Crippen molar-refractivity contribution in [2.24, 2.45) is 5.92 Å². The van der Waals surface area contributed by atoms with Crippen LogP contribution in [0, 0.1) is 11.7 Å². The van der Waals surface area contributed by atoms with E-state index in [0.29, 0.717) is 19.6 Å². The summed E-state index contributed by atoms with van der Waals surface area (Å²) < 4.78 is 24.4. The smallest absolute Gasteiger partial charge is 0.226 e. The number of carbonyl (C=O) groups is 1. The predicted octanol–water partition coefficient (Wildman–Crippen LogP) is 4.01. The highest BCUT2D eigenvalue weighted by molar-refractivity contribution is 5.79. The summed E-state index contributed by atoms with van der Waals surface area (Å²) >= 11 is 0. The maximum absolute atomic E-state index is 13.3. The lowest BCUT2D eigenvalue weighted by molar-refractivity contribution is -0.126. The van der Waals surface area contributed by atoms with Gasteiger partial charge in [0.25, 0.3) is 0 Å². The minimum Gasteiger partial charge on any atom is -0.497 e. The minimum atomic E-state index is -0.227. The van der Waals surface area contributed by atoms with Crippen molar-refractivity contribution >= 4 is 5.91 Å². The molecule has 2 aromatic rings. The molecular weight excluding hydrogens is 357 g/mol. The van der Waals surface area contributed by atoms with Crippen molar-refractivity contribution in [1.82, 2.24) is 5.32 Å². The molecule has 0 spiro atoms. The fourth-order valence-electron chi connectivity index (χ4n) is 4.49. The minimum absolute atomic E-state index is 0.0156. The van der Waals surface area contributed by atoms with Gasteiger partial charge in [0.1, 0.15) is 23.9 Å². The number of hydrogen-bond donors (Lipinski definition) is 1. The molecule has 0 bridgehead atoms. The molecule has 2 aliphatic rings. The first-order valence-corrected chi connectivity index (χ1v) is 9.93. The van der Waals surface area contributed by atoms with Crippen LogP contribution in [0.5, 0.6) is 11.5 Å². The molecule has 4 rings (SSSR count). The molecule has 1 saturated carbocycles. The molecule has 1 aliphatic heterocycles. The summed E-state index contributed by atoms with van der Waals surface area (Å²) in [7, 11) is 1.63. The molecule has 148 valence electrons. The third-order valence-corrected chi connectivity index (χ3v) is 6.16. The number of fused-ring (bicyclic) bond motifs is 1. The maximum Gasteiger partial charge on any atom is 0.226 e. The number of halogens is 1. The second-order valence-corrected chi connectivity index (χ2v) is 7.90. The van der Waals surface area contributed by atoms with E-state index in [-0.39, 0.29) is 23.1 Å². The van der Waals surface area contributed by atoms with E-state index in [0.717, 1.165) is 48.3 Å². The molecular formula is C23H26FNO3. The first kappa shape index (κ1) is 18.8. The van der Waals surface area contributed by atoms with Crippen molar-refractivity contribution in [3.05, 3.63) is 59.4 Å². The predicted molar refractivity (Wildman–Crippen MR) is 105 cm³/mol. The SMILES string of the molecule is COc1ccc2c(c1)CC(C(=O)NCC1(c3ccc(F)cc3)CCCC1)CO2. The van der Waals surface area contributed by atoms with E-state index in [1.165, 1.54) is 12.1 Å². The standard InChI is InChI=1S/C23H26FNO3/c1-27-20-8-9-21-16(13-20)12-17(14-28-21)22(26)25-15-23(10-2-3-11-23)18-4-6-19(24)7-5-18/h4-9,13,17H,2-3,10-12,14-15H2,1H3,(H,25,26). The topological polar surface area (TPSA) is 47.6 Å². The number of methoxy groups -OCH3 is 1. The van der Waals surface area contributed by atoms with Crippen molar-refractivity contribution in [3.63, 3.8) is 0 Å². The molecule has 1 heterocycles. The number of benzene rings is 2. The zero-order valence-electron chi connectivity index (χ0n) is 16.2. The van der Waals surface area contributed by atoms with Crippen LogP contribution in [0.2, 0.25) is 0 Å². The number of carbonyl (C=O) groups excluding carboxylic acids is 1. The van der Waals surface area contributed by atoms with Crippen molar-refractivity contribution in [2.45, 2.75) is 37.5 Å². The molecule has 5 heteroatoms. The van der Waals surface area contributed by atoms with Gasteiger partial charge in [0, 0.05) is 12.0 Å². The van der Waals surface area contributed by atoms with Gasteiger partial charge in [-0.2, -0.15) is 0 Å². The van der Waals surface area contributed by atoms with Crippen LogP contribution in [0.3, 0.4) is 0 Å². The number of ether oxygens (including phenoxy) is 2. The summed E-state index contributed by atoms with van der Waals surface area (Å²) in [6.07, 6.45) is 4.93. The first-order chi connectivity index (χ1) is 13.6. The summed E-state index contributed by atoms with van der Waals surface area (Å²) in [4.78, 5) is 12.9. The Labute approximate surface area is 165 Å². The van der Waals surface area contributed by atoms with Crippen LogP contribution >= 0.6 is 0 Å². The van der Waals surface area contributed by atoms with Crippen LogP contribution in [0.25, 0.3) is 0 Å². The highest BCUT2D eigenvalue weighted by Gasteiger charge is 2.37. The Hall–Kier alpha value is -2.56. The Morgan fingerprint density at radius 2 is 1.96 bits per heavy atom. The molecule has 1 fully saturated rings. The average molecular weight is 383 g/mol. The fraction of sp³-hybridized carbons (Fsp3) is 0.435. The van der Waals surface area contributed by atoms with Crippen LogP contribution in [-0.2, 0) is 16.6 Å². The molecule has 0 saturated heterocycles. The molecule has 1 unspecified atom stereocenters. The highest BCUT2D eigenvalue weighted by atomic mass is 19.1. The molecule has 1 aliphatic carbocycles. The Balaban J connectivity index is 1.43. The third kappa shape index (κ3) is 3.71. The third-order valence-electron chi connectivity index (χ3n) is 6.16. The summed E-state index contributed by atoms with van der Waals surface area (Å²) in [5, 5.41) is 3.16. The second-order valence-electron chi connectivity index (χ2n) is 7.90. The van der Waals surface area contributed by atoms with Gasteiger partial charge in [-0.05, 0) is 60.7 Å². The summed E-state index contributed by atoms with van der Waals surface area (Å²) in [6, 6.07) is 12.4. The van der Waals surface area contributed by atoms with Gasteiger partial charge >= 0.3 is 0 Å². The van der Waals surface area contributed by atoms with Gasteiger partial charge in [0.05, 0.1) is 13.0 Å². The largest absolute Gasteiger partial charge is 0.497 e. The van der Waals surface area contributed by atoms with Crippen molar-refractivity contribution in [2.75, 3.05) is 20.3 Å². The summed E-state index contributed by atoms with van der Waals surface area (Å²) in [5.41, 5.74) is 2.02. The quantitative estimate of drug-likeness (QED) is 0.849. The molecule has 4 nitrogen and oxygen atoms in total. The Bertz CT molecular complexity index is 843. The zero-order valence-corrected chi connectivity index (χ0v) is 16.2. The first-order valence-electron chi connectivity index (χ1n) is 9.93. The number of rotatable bonds is 5. The van der Waals surface area contributed by atoms with Gasteiger partial charge < -0.3 is 14.8 Å². The van der Waals surface area contributed by atoms with Crippen molar-refractivity contribution in [3.8, 4) is 11.5 Å². The summed E-state index contributed by atoms with van der Waals surface area (Å²) in [6.45, 7) is 0.966. The van der Waals surface area contributed by atoms with Gasteiger partial charge in [-0.15, -0.1) is 0 Å². The van der Waals surface area contributed by atoms with Gasteiger partial charge in [0.2, 0.25) is 5.91 Å². The fourth-order valence-corrected chi connectivity index (χ4v) is 4.49. The Morgan fingerprint density at radius 3 is 2.68 bits per heavy atom. The maximum atomic E-state index is 13.3. The number of amides is 1. The van der Waals surface area contributed by atoms with Gasteiger partial charge in [-0.25, -0.2) is 4.39 Å². The monoisotopic (exact) mass is 383 g/mol. The van der Waals surface area contributed by atoms with E-state index < -0.39 is 0 Å². The molecule has 1 atom stereocenters. The van der Waals surface area contributed by atoms with E-state index in [9.17, 15) is 9.18 Å². The zero-order chi connectivity index (χ0) is 19.6. The van der Waals surface area contributed by atoms with E-state index in [4.69, 9.17) is 9.47 Å².